The first kappa shape index (κ1) is 16.5. The predicted molar refractivity (Wildman–Crippen MR) is 92.7 cm³/mol. The molecular formula is C17H25N5O3. The van der Waals surface area contributed by atoms with Gasteiger partial charge in [-0.15, -0.1) is 0 Å². The Morgan fingerprint density at radius 3 is 2.32 bits per heavy atom. The Labute approximate surface area is 147 Å². The highest BCUT2D eigenvalue weighted by Gasteiger charge is 2.40. The Hall–Kier alpha value is -1.93. The van der Waals surface area contributed by atoms with Crippen LogP contribution in [0.2, 0.25) is 0 Å². The van der Waals surface area contributed by atoms with E-state index >= 15 is 0 Å². The number of carbonyl (C=O) groups excluding carboxylic acids is 1. The Bertz CT molecular complexity index is 617. The smallest absolute Gasteiger partial charge is 0.227 e. The lowest BCUT2D eigenvalue weighted by atomic mass is 10.0. The van der Waals surface area contributed by atoms with Gasteiger partial charge in [0.15, 0.2) is 5.79 Å². The van der Waals surface area contributed by atoms with Crippen LogP contribution in [-0.2, 0) is 14.3 Å². The Morgan fingerprint density at radius 2 is 1.68 bits per heavy atom. The van der Waals surface area contributed by atoms with Gasteiger partial charge in [-0.2, -0.15) is 4.98 Å². The van der Waals surface area contributed by atoms with Crippen molar-refractivity contribution in [2.75, 3.05) is 62.3 Å². The van der Waals surface area contributed by atoms with Gasteiger partial charge in [0.2, 0.25) is 12.4 Å². The molecule has 1 amide bonds. The van der Waals surface area contributed by atoms with Crippen molar-refractivity contribution in [3.8, 4) is 0 Å². The maximum atomic E-state index is 10.9. The minimum Gasteiger partial charge on any atom is -0.356 e. The average molecular weight is 347 g/mol. The first-order valence-corrected chi connectivity index (χ1v) is 9.00. The number of rotatable bonds is 3. The number of aryl methyl sites for hydroxylation is 1. The van der Waals surface area contributed by atoms with Gasteiger partial charge >= 0.3 is 0 Å². The first-order chi connectivity index (χ1) is 12.2. The fraction of sp³-hybridized carbons (Fsp3) is 0.706. The third kappa shape index (κ3) is 3.41. The molecule has 8 heteroatoms. The Morgan fingerprint density at radius 1 is 1.00 bits per heavy atom. The zero-order valence-electron chi connectivity index (χ0n) is 14.7. The first-order valence-electron chi connectivity index (χ1n) is 9.00. The summed E-state index contributed by atoms with van der Waals surface area (Å²) in [5.41, 5.74) is 0.964. The van der Waals surface area contributed by atoms with Gasteiger partial charge in [0, 0.05) is 63.9 Å². The lowest BCUT2D eigenvalue weighted by molar-refractivity contribution is -0.169. The highest BCUT2D eigenvalue weighted by Crippen LogP contribution is 2.33. The van der Waals surface area contributed by atoms with Crippen LogP contribution < -0.4 is 9.80 Å². The monoisotopic (exact) mass is 347 g/mol. The predicted octanol–water partition coefficient (Wildman–Crippen LogP) is 0.407. The van der Waals surface area contributed by atoms with Crippen molar-refractivity contribution in [3.05, 3.63) is 11.8 Å². The summed E-state index contributed by atoms with van der Waals surface area (Å²) >= 11 is 0. The molecule has 0 aromatic carbocycles. The number of anilines is 2. The van der Waals surface area contributed by atoms with E-state index in [4.69, 9.17) is 14.5 Å². The van der Waals surface area contributed by atoms with Gasteiger partial charge in [-0.1, -0.05) is 0 Å². The zero-order valence-corrected chi connectivity index (χ0v) is 14.7. The van der Waals surface area contributed by atoms with E-state index < -0.39 is 0 Å². The maximum absolute atomic E-state index is 10.9. The molecule has 0 radical (unpaired) electrons. The second-order valence-electron chi connectivity index (χ2n) is 6.89. The number of piperidine rings is 1. The van der Waals surface area contributed by atoms with Crippen molar-refractivity contribution in [2.45, 2.75) is 25.6 Å². The van der Waals surface area contributed by atoms with E-state index in [-0.39, 0.29) is 5.79 Å². The molecule has 25 heavy (non-hydrogen) atoms. The quantitative estimate of drug-likeness (QED) is 0.733. The molecule has 0 unspecified atom stereocenters. The maximum Gasteiger partial charge on any atom is 0.227 e. The van der Waals surface area contributed by atoms with Gasteiger partial charge in [-0.3, -0.25) is 4.79 Å². The molecule has 1 aromatic rings. The molecule has 3 fully saturated rings. The third-order valence-electron chi connectivity index (χ3n) is 5.24. The van der Waals surface area contributed by atoms with Crippen molar-refractivity contribution in [3.63, 3.8) is 0 Å². The molecule has 8 nitrogen and oxygen atoms in total. The van der Waals surface area contributed by atoms with Gasteiger partial charge in [0.1, 0.15) is 5.82 Å². The number of amides is 1. The molecular weight excluding hydrogens is 322 g/mol. The molecule has 1 aromatic heterocycles. The van der Waals surface area contributed by atoms with Gasteiger partial charge in [0.25, 0.3) is 0 Å². The summed E-state index contributed by atoms with van der Waals surface area (Å²) in [7, 11) is 0. The normalized spacial score (nSPS) is 23.3. The Kier molecular flexibility index (Phi) is 4.47. The summed E-state index contributed by atoms with van der Waals surface area (Å²) in [6.07, 6.45) is 2.64. The molecule has 1 spiro atoms. The molecule has 0 N–H and O–H groups in total. The van der Waals surface area contributed by atoms with E-state index in [2.05, 4.69) is 14.8 Å². The molecule has 136 valence electrons. The fourth-order valence-corrected chi connectivity index (χ4v) is 3.73. The number of nitrogens with zero attached hydrogens (tertiary/aromatic N) is 5. The second kappa shape index (κ2) is 6.76. The number of aromatic nitrogens is 2. The topological polar surface area (TPSA) is 71.0 Å². The van der Waals surface area contributed by atoms with Crippen molar-refractivity contribution < 1.29 is 14.3 Å². The second-order valence-corrected chi connectivity index (χ2v) is 6.89. The van der Waals surface area contributed by atoms with Crippen molar-refractivity contribution in [2.24, 2.45) is 0 Å². The van der Waals surface area contributed by atoms with E-state index in [9.17, 15) is 4.79 Å². The summed E-state index contributed by atoms with van der Waals surface area (Å²) in [5.74, 6) is 1.36. The largest absolute Gasteiger partial charge is 0.356 e. The van der Waals surface area contributed by atoms with Crippen molar-refractivity contribution >= 4 is 18.2 Å². The van der Waals surface area contributed by atoms with E-state index in [1.165, 1.54) is 0 Å². The van der Waals surface area contributed by atoms with Crippen LogP contribution in [0, 0.1) is 6.92 Å². The van der Waals surface area contributed by atoms with E-state index in [1.807, 2.05) is 13.0 Å². The summed E-state index contributed by atoms with van der Waals surface area (Å²) < 4.78 is 11.6. The molecule has 0 aliphatic carbocycles. The SMILES string of the molecule is Cc1cc(N2CCC3(CC2)OCCO3)nc(N2CCN(C=O)CC2)n1. The minimum absolute atomic E-state index is 0.368. The molecule has 3 aliphatic heterocycles. The van der Waals surface area contributed by atoms with Gasteiger partial charge in [-0.05, 0) is 6.92 Å². The number of piperazine rings is 1. The number of carbonyl (C=O) groups is 1. The number of hydrogen-bond donors (Lipinski definition) is 0. The van der Waals surface area contributed by atoms with Gasteiger partial charge < -0.3 is 24.2 Å². The van der Waals surface area contributed by atoms with Crippen molar-refractivity contribution in [1.82, 2.24) is 14.9 Å². The summed E-state index contributed by atoms with van der Waals surface area (Å²) in [6, 6.07) is 2.04. The van der Waals surface area contributed by atoms with Crippen LogP contribution in [-0.4, -0.2) is 79.5 Å². The van der Waals surface area contributed by atoms with Gasteiger partial charge in [0.05, 0.1) is 13.2 Å². The molecule has 0 atom stereocenters. The highest BCUT2D eigenvalue weighted by molar-refractivity contribution is 5.50. The van der Waals surface area contributed by atoms with Crippen LogP contribution in [0.5, 0.6) is 0 Å². The van der Waals surface area contributed by atoms with E-state index in [1.54, 1.807) is 4.90 Å². The van der Waals surface area contributed by atoms with E-state index in [0.717, 1.165) is 76.0 Å². The molecule has 4 rings (SSSR count). The molecule has 3 saturated heterocycles. The highest BCUT2D eigenvalue weighted by atomic mass is 16.7. The zero-order chi connectivity index (χ0) is 17.3. The van der Waals surface area contributed by atoms with Crippen LogP contribution >= 0.6 is 0 Å². The minimum atomic E-state index is -0.368. The molecule has 3 aliphatic rings. The summed E-state index contributed by atoms with van der Waals surface area (Å²) in [5, 5.41) is 0. The van der Waals surface area contributed by atoms with Crippen LogP contribution in [0.15, 0.2) is 6.07 Å². The van der Waals surface area contributed by atoms with E-state index in [0.29, 0.717) is 13.2 Å². The summed E-state index contributed by atoms with van der Waals surface area (Å²) in [4.78, 5) is 26.5. The average Bonchev–Trinajstić information content (AvgIpc) is 3.10. The fourth-order valence-electron chi connectivity index (χ4n) is 3.73. The van der Waals surface area contributed by atoms with Gasteiger partial charge in [-0.25, -0.2) is 4.98 Å². The molecule has 0 saturated carbocycles. The molecule has 4 heterocycles. The third-order valence-corrected chi connectivity index (χ3v) is 5.24. The Balaban J connectivity index is 1.46. The lowest BCUT2D eigenvalue weighted by Gasteiger charge is -2.38. The van der Waals surface area contributed by atoms with Crippen molar-refractivity contribution in [1.29, 1.82) is 0 Å². The number of hydrogen-bond acceptors (Lipinski definition) is 7. The molecule has 0 bridgehead atoms. The van der Waals surface area contributed by atoms with Crippen LogP contribution in [0.1, 0.15) is 18.5 Å². The number of ether oxygens (including phenoxy) is 2. The standard InChI is InChI=1S/C17H25N5O3/c1-14-12-15(21-4-2-17(3-5-21)24-10-11-25-17)19-16(18-14)22-8-6-20(13-23)7-9-22/h12-13H,2-11H2,1H3. The van der Waals surface area contributed by atoms with Crippen LogP contribution in [0.3, 0.4) is 0 Å². The van der Waals surface area contributed by atoms with Crippen LogP contribution in [0.4, 0.5) is 11.8 Å². The summed E-state index contributed by atoms with van der Waals surface area (Å²) in [6.45, 7) is 8.12. The van der Waals surface area contributed by atoms with Crippen LogP contribution in [0.25, 0.3) is 0 Å². The lowest BCUT2D eigenvalue weighted by Crippen LogP contribution is -2.47.